The second-order valence-electron chi connectivity index (χ2n) is 9.03. The molecule has 2 aromatic carbocycles. The van der Waals surface area contributed by atoms with E-state index in [4.69, 9.17) is 0 Å². The first-order valence-electron chi connectivity index (χ1n) is 12.0. The van der Waals surface area contributed by atoms with E-state index in [1.54, 1.807) is 36.7 Å². The molecule has 7 nitrogen and oxygen atoms in total. The molecular weight excluding hydrogens is 468 g/mol. The van der Waals surface area contributed by atoms with E-state index in [0.29, 0.717) is 12.4 Å². The smallest absolute Gasteiger partial charge is 0.387 e. The number of aromatic nitrogens is 2. The Balaban J connectivity index is 1.34. The van der Waals surface area contributed by atoms with Crippen LogP contribution in [0.1, 0.15) is 43.6 Å². The fraction of sp³-hybridized carbons (Fsp3) is 0.370. The van der Waals surface area contributed by atoms with Crippen LogP contribution in [0.25, 0.3) is 11.1 Å². The molecule has 36 heavy (non-hydrogen) atoms. The molecule has 1 fully saturated rings. The van der Waals surface area contributed by atoms with E-state index in [2.05, 4.69) is 20.0 Å². The third-order valence-corrected chi connectivity index (χ3v) is 6.51. The molecule has 0 radical (unpaired) electrons. The largest absolute Gasteiger partial charge is 0.435 e. The summed E-state index contributed by atoms with van der Waals surface area (Å²) >= 11 is 0. The van der Waals surface area contributed by atoms with Crippen LogP contribution in [-0.4, -0.2) is 45.3 Å². The number of carbonyl (C=O) groups excluding carboxylic acids is 1. The van der Waals surface area contributed by atoms with Gasteiger partial charge in [-0.1, -0.05) is 24.3 Å². The van der Waals surface area contributed by atoms with Crippen LogP contribution in [0.3, 0.4) is 0 Å². The minimum Gasteiger partial charge on any atom is -0.435 e. The van der Waals surface area contributed by atoms with E-state index in [1.165, 1.54) is 12.1 Å². The average molecular weight is 498 g/mol. The fourth-order valence-electron chi connectivity index (χ4n) is 4.47. The van der Waals surface area contributed by atoms with Gasteiger partial charge in [-0.3, -0.25) is 4.79 Å². The van der Waals surface area contributed by atoms with E-state index in [-0.39, 0.29) is 30.2 Å². The Kier molecular flexibility index (Phi) is 8.56. The standard InChI is InChI=1S/C27H29F2N3O4/c28-26(29)36-23-11-5-18(6-12-23)20-14-30-27(31-15-20)32-21-7-3-19(4-8-21)24(16-33)25(35)13-17-1-9-22(34)10-2-17/h3-8,11-12,14-15,17,22,24,26,33-34H,1-2,9-10,13,16H2,(H,30,31,32)/t17?,22?,24-/m1/s1. The summed E-state index contributed by atoms with van der Waals surface area (Å²) in [5, 5.41) is 22.6. The van der Waals surface area contributed by atoms with Gasteiger partial charge >= 0.3 is 6.61 Å². The van der Waals surface area contributed by atoms with Crippen molar-refractivity contribution in [1.82, 2.24) is 9.97 Å². The van der Waals surface area contributed by atoms with Gasteiger partial charge in [0.15, 0.2) is 0 Å². The summed E-state index contributed by atoms with van der Waals surface area (Å²) in [6.45, 7) is -3.12. The van der Waals surface area contributed by atoms with Gasteiger partial charge in [0.1, 0.15) is 11.5 Å². The van der Waals surface area contributed by atoms with Crippen molar-refractivity contribution < 1.29 is 28.5 Å². The first kappa shape index (κ1) is 25.7. The zero-order valence-electron chi connectivity index (χ0n) is 19.7. The number of aliphatic hydroxyl groups excluding tert-OH is 2. The van der Waals surface area contributed by atoms with Gasteiger partial charge < -0.3 is 20.3 Å². The van der Waals surface area contributed by atoms with E-state index in [0.717, 1.165) is 48.1 Å². The minimum atomic E-state index is -2.87. The summed E-state index contributed by atoms with van der Waals surface area (Å²) < 4.78 is 29.0. The first-order chi connectivity index (χ1) is 17.4. The molecule has 0 unspecified atom stereocenters. The highest BCUT2D eigenvalue weighted by Crippen LogP contribution is 2.30. The molecule has 190 valence electrons. The predicted molar refractivity (Wildman–Crippen MR) is 131 cm³/mol. The topological polar surface area (TPSA) is 105 Å². The molecular formula is C27H29F2N3O4. The number of anilines is 2. The average Bonchev–Trinajstić information content (AvgIpc) is 2.87. The van der Waals surface area contributed by atoms with Crippen molar-refractivity contribution in [2.24, 2.45) is 5.92 Å². The van der Waals surface area contributed by atoms with Gasteiger partial charge in [-0.05, 0) is 67.0 Å². The van der Waals surface area contributed by atoms with Gasteiger partial charge in [0.2, 0.25) is 5.95 Å². The fourth-order valence-corrected chi connectivity index (χ4v) is 4.47. The summed E-state index contributed by atoms with van der Waals surface area (Å²) in [5.41, 5.74) is 2.96. The lowest BCUT2D eigenvalue weighted by Crippen LogP contribution is -2.24. The highest BCUT2D eigenvalue weighted by atomic mass is 19.3. The summed E-state index contributed by atoms with van der Waals surface area (Å²) in [7, 11) is 0. The van der Waals surface area contributed by atoms with Crippen LogP contribution in [0.15, 0.2) is 60.9 Å². The molecule has 1 aromatic heterocycles. The Morgan fingerprint density at radius 1 is 0.972 bits per heavy atom. The van der Waals surface area contributed by atoms with Gasteiger partial charge in [-0.25, -0.2) is 9.97 Å². The number of nitrogens with one attached hydrogen (secondary N) is 1. The number of ether oxygens (including phenoxy) is 1. The summed E-state index contributed by atoms with van der Waals surface area (Å²) in [6.07, 6.45) is 6.54. The zero-order chi connectivity index (χ0) is 25.5. The molecule has 0 bridgehead atoms. The lowest BCUT2D eigenvalue weighted by molar-refractivity contribution is -0.122. The Hall–Kier alpha value is -3.43. The quantitative estimate of drug-likeness (QED) is 0.359. The van der Waals surface area contributed by atoms with Crippen molar-refractivity contribution in [2.75, 3.05) is 11.9 Å². The molecule has 9 heteroatoms. The van der Waals surface area contributed by atoms with Crippen LogP contribution in [0, 0.1) is 5.92 Å². The highest BCUT2D eigenvalue weighted by Gasteiger charge is 2.26. The molecule has 3 aromatic rings. The van der Waals surface area contributed by atoms with E-state index in [9.17, 15) is 23.8 Å². The van der Waals surface area contributed by atoms with Crippen molar-refractivity contribution >= 4 is 17.4 Å². The second-order valence-corrected chi connectivity index (χ2v) is 9.03. The van der Waals surface area contributed by atoms with E-state index >= 15 is 0 Å². The molecule has 1 saturated carbocycles. The summed E-state index contributed by atoms with van der Waals surface area (Å²) in [4.78, 5) is 21.4. The first-order valence-corrected chi connectivity index (χ1v) is 12.0. The molecule has 1 atom stereocenters. The molecule has 1 aliphatic carbocycles. The molecule has 4 rings (SSSR count). The van der Waals surface area contributed by atoms with Crippen molar-refractivity contribution in [3.8, 4) is 16.9 Å². The van der Waals surface area contributed by atoms with E-state index < -0.39 is 12.5 Å². The third-order valence-electron chi connectivity index (χ3n) is 6.51. The van der Waals surface area contributed by atoms with Crippen LogP contribution in [0.2, 0.25) is 0 Å². The van der Waals surface area contributed by atoms with Gasteiger partial charge in [-0.15, -0.1) is 0 Å². The van der Waals surface area contributed by atoms with Crippen LogP contribution in [0.5, 0.6) is 5.75 Å². The highest BCUT2D eigenvalue weighted by molar-refractivity contribution is 5.86. The van der Waals surface area contributed by atoms with Crippen LogP contribution in [-0.2, 0) is 4.79 Å². The number of carbonyl (C=O) groups is 1. The van der Waals surface area contributed by atoms with Gasteiger partial charge in [-0.2, -0.15) is 8.78 Å². The third kappa shape index (κ3) is 6.83. The van der Waals surface area contributed by atoms with E-state index in [1.807, 2.05) is 12.1 Å². The maximum absolute atomic E-state index is 12.8. The summed E-state index contributed by atoms with van der Waals surface area (Å²) in [5.74, 6) is 0.167. The number of ketones is 1. The van der Waals surface area contributed by atoms with Crippen LogP contribution < -0.4 is 10.1 Å². The molecule has 0 saturated heterocycles. The van der Waals surface area contributed by atoms with Gasteiger partial charge in [0.05, 0.1) is 18.6 Å². The Labute approximate surface area is 208 Å². The summed E-state index contributed by atoms with van der Waals surface area (Å²) in [6, 6.07) is 13.4. The van der Waals surface area contributed by atoms with Crippen molar-refractivity contribution in [1.29, 1.82) is 0 Å². The lowest BCUT2D eigenvalue weighted by Gasteiger charge is -2.26. The minimum absolute atomic E-state index is 0.0207. The second kappa shape index (κ2) is 12.0. The monoisotopic (exact) mass is 497 g/mol. The zero-order valence-corrected chi connectivity index (χ0v) is 19.7. The van der Waals surface area contributed by atoms with Crippen LogP contribution >= 0.6 is 0 Å². The van der Waals surface area contributed by atoms with Crippen molar-refractivity contribution in [3.05, 3.63) is 66.5 Å². The number of rotatable bonds is 10. The lowest BCUT2D eigenvalue weighted by atomic mass is 9.81. The Morgan fingerprint density at radius 3 is 2.19 bits per heavy atom. The van der Waals surface area contributed by atoms with Crippen molar-refractivity contribution in [2.45, 2.75) is 50.7 Å². The van der Waals surface area contributed by atoms with Crippen LogP contribution in [0.4, 0.5) is 20.4 Å². The Morgan fingerprint density at radius 2 is 1.61 bits per heavy atom. The number of hydrogen-bond donors (Lipinski definition) is 3. The number of aliphatic hydroxyl groups is 2. The molecule has 1 heterocycles. The number of halogens is 2. The number of Topliss-reactive ketones (excluding diaryl/α,β-unsaturated/α-hetero) is 1. The van der Waals surface area contributed by atoms with Gasteiger partial charge in [0, 0.05) is 30.1 Å². The molecule has 0 spiro atoms. The number of benzene rings is 2. The molecule has 0 amide bonds. The maximum atomic E-state index is 12.8. The number of alkyl halides is 2. The molecule has 1 aliphatic rings. The SMILES string of the molecule is O=C(CC1CCC(O)CC1)[C@H](CO)c1ccc(Nc2ncc(-c3ccc(OC(F)F)cc3)cn2)cc1. The Bertz CT molecular complexity index is 1120. The molecule has 0 aliphatic heterocycles. The normalized spacial score (nSPS) is 18.6. The molecule has 3 N–H and O–H groups in total. The number of hydrogen-bond acceptors (Lipinski definition) is 7. The maximum Gasteiger partial charge on any atom is 0.387 e. The predicted octanol–water partition coefficient (Wildman–Crippen LogP) is 5.07. The van der Waals surface area contributed by atoms with Crippen molar-refractivity contribution in [3.63, 3.8) is 0 Å². The van der Waals surface area contributed by atoms with Gasteiger partial charge in [0.25, 0.3) is 0 Å². The number of nitrogens with zero attached hydrogens (tertiary/aromatic N) is 2.